The summed E-state index contributed by atoms with van der Waals surface area (Å²) >= 11 is 0. The number of carbonyl (C=O) groups is 2. The van der Waals surface area contributed by atoms with E-state index in [-0.39, 0.29) is 11.3 Å². The van der Waals surface area contributed by atoms with Crippen molar-refractivity contribution in [3.05, 3.63) is 65.0 Å². The van der Waals surface area contributed by atoms with Gasteiger partial charge >= 0.3 is 5.97 Å². The van der Waals surface area contributed by atoms with Gasteiger partial charge in [-0.3, -0.25) is 4.79 Å². The summed E-state index contributed by atoms with van der Waals surface area (Å²) in [6.07, 6.45) is 0. The third kappa shape index (κ3) is 4.39. The van der Waals surface area contributed by atoms with Crippen LogP contribution in [0.2, 0.25) is 0 Å². The van der Waals surface area contributed by atoms with E-state index in [9.17, 15) is 14.0 Å². The normalized spacial score (nSPS) is 10.3. The molecule has 0 N–H and O–H groups in total. The van der Waals surface area contributed by atoms with E-state index in [0.29, 0.717) is 12.2 Å². The molecule has 6 heteroatoms. The molecule has 0 saturated heterocycles. The van der Waals surface area contributed by atoms with E-state index >= 15 is 0 Å². The number of benzene rings is 2. The molecule has 2 rings (SSSR count). The summed E-state index contributed by atoms with van der Waals surface area (Å²) in [5.74, 6) is -1.74. The molecule has 0 spiro atoms. The van der Waals surface area contributed by atoms with Gasteiger partial charge in [-0.2, -0.15) is 0 Å². The number of esters is 1. The maximum atomic E-state index is 13.6. The number of hydrogen-bond donors (Lipinski definition) is 0. The van der Waals surface area contributed by atoms with E-state index in [1.165, 1.54) is 19.2 Å². The number of Topliss-reactive ketones (excluding diaryl/α,β-unsaturated/α-hetero) is 1. The van der Waals surface area contributed by atoms with E-state index < -0.39 is 24.2 Å². The zero-order chi connectivity index (χ0) is 17.5. The Bertz CT molecular complexity index is 742. The highest BCUT2D eigenvalue weighted by molar-refractivity contribution is 5.99. The van der Waals surface area contributed by atoms with Crippen molar-refractivity contribution in [3.8, 4) is 5.75 Å². The summed E-state index contributed by atoms with van der Waals surface area (Å²) in [6.45, 7) is -0.107. The lowest BCUT2D eigenvalue weighted by molar-refractivity contribution is 0.0474. The van der Waals surface area contributed by atoms with Gasteiger partial charge in [-0.15, -0.1) is 0 Å². The Balaban J connectivity index is 1.99. The van der Waals surface area contributed by atoms with Crippen molar-refractivity contribution in [2.45, 2.75) is 6.61 Å². The average molecular weight is 332 g/mol. The van der Waals surface area contributed by atoms with E-state index in [1.807, 2.05) is 6.07 Å². The van der Waals surface area contributed by atoms with Crippen molar-refractivity contribution < 1.29 is 28.2 Å². The first-order valence-corrected chi connectivity index (χ1v) is 7.17. The summed E-state index contributed by atoms with van der Waals surface area (Å²) in [6, 6.07) is 10.5. The van der Waals surface area contributed by atoms with Gasteiger partial charge in [0.1, 0.15) is 0 Å². The number of halogens is 1. The Labute approximate surface area is 139 Å². The van der Waals surface area contributed by atoms with Crippen molar-refractivity contribution >= 4 is 11.8 Å². The van der Waals surface area contributed by atoms with Crippen molar-refractivity contribution in [2.24, 2.45) is 0 Å². The van der Waals surface area contributed by atoms with Gasteiger partial charge < -0.3 is 14.2 Å². The second-order valence-corrected chi connectivity index (χ2v) is 4.98. The monoisotopic (exact) mass is 332 g/mol. The van der Waals surface area contributed by atoms with Crippen molar-refractivity contribution in [1.82, 2.24) is 0 Å². The molecule has 0 heterocycles. The molecule has 0 amide bonds. The average Bonchev–Trinajstić information content (AvgIpc) is 2.59. The number of rotatable bonds is 7. The Morgan fingerprint density at radius 1 is 1.04 bits per heavy atom. The SMILES string of the molecule is COCc1cccc(C(=O)OCC(=O)c2ccc(OC)c(F)c2)c1. The zero-order valence-corrected chi connectivity index (χ0v) is 13.4. The number of carbonyl (C=O) groups excluding carboxylic acids is 2. The second kappa shape index (κ2) is 8.21. The van der Waals surface area contributed by atoms with Crippen LogP contribution < -0.4 is 4.74 Å². The minimum Gasteiger partial charge on any atom is -0.494 e. The summed E-state index contributed by atoms with van der Waals surface area (Å²) in [5, 5.41) is 0. The molecule has 24 heavy (non-hydrogen) atoms. The Kier molecular flexibility index (Phi) is 6.03. The van der Waals surface area contributed by atoms with Crippen LogP contribution in [0.1, 0.15) is 26.3 Å². The molecule has 5 nitrogen and oxygen atoms in total. The predicted molar refractivity (Wildman–Crippen MR) is 84.7 cm³/mol. The number of ketones is 1. The maximum Gasteiger partial charge on any atom is 0.338 e. The molecule has 126 valence electrons. The topological polar surface area (TPSA) is 61.8 Å². The first-order valence-electron chi connectivity index (χ1n) is 7.17. The van der Waals surface area contributed by atoms with Crippen LogP contribution in [0.25, 0.3) is 0 Å². The fourth-order valence-corrected chi connectivity index (χ4v) is 2.09. The molecule has 0 aromatic heterocycles. The van der Waals surface area contributed by atoms with E-state index in [2.05, 4.69) is 0 Å². The highest BCUT2D eigenvalue weighted by Crippen LogP contribution is 2.18. The van der Waals surface area contributed by atoms with Crippen LogP contribution >= 0.6 is 0 Å². The van der Waals surface area contributed by atoms with Crippen LogP contribution in [0.4, 0.5) is 4.39 Å². The lowest BCUT2D eigenvalue weighted by Gasteiger charge is -2.07. The molecular formula is C18H17FO5. The lowest BCUT2D eigenvalue weighted by Crippen LogP contribution is -2.14. The predicted octanol–water partition coefficient (Wildman–Crippen LogP) is 3.02. The van der Waals surface area contributed by atoms with Gasteiger partial charge in [0.05, 0.1) is 19.3 Å². The zero-order valence-electron chi connectivity index (χ0n) is 13.4. The van der Waals surface area contributed by atoms with E-state index in [0.717, 1.165) is 11.6 Å². The van der Waals surface area contributed by atoms with Crippen LogP contribution in [0.3, 0.4) is 0 Å². The molecule has 0 aliphatic rings. The Morgan fingerprint density at radius 2 is 1.83 bits per heavy atom. The van der Waals surface area contributed by atoms with Crippen molar-refractivity contribution in [3.63, 3.8) is 0 Å². The van der Waals surface area contributed by atoms with Gasteiger partial charge in [-0.25, -0.2) is 9.18 Å². The second-order valence-electron chi connectivity index (χ2n) is 4.98. The van der Waals surface area contributed by atoms with E-state index in [1.54, 1.807) is 25.3 Å². The fraction of sp³-hybridized carbons (Fsp3) is 0.222. The molecule has 0 atom stereocenters. The Morgan fingerprint density at radius 3 is 2.50 bits per heavy atom. The molecule has 2 aromatic rings. The number of ether oxygens (including phenoxy) is 3. The molecule has 0 saturated carbocycles. The van der Waals surface area contributed by atoms with E-state index in [4.69, 9.17) is 14.2 Å². The van der Waals surface area contributed by atoms with Gasteiger partial charge in [0, 0.05) is 12.7 Å². The Hall–Kier alpha value is -2.73. The molecule has 0 unspecified atom stereocenters. The third-order valence-corrected chi connectivity index (χ3v) is 3.28. The van der Waals surface area contributed by atoms with Gasteiger partial charge in [0.2, 0.25) is 0 Å². The largest absolute Gasteiger partial charge is 0.494 e. The smallest absolute Gasteiger partial charge is 0.338 e. The fourth-order valence-electron chi connectivity index (χ4n) is 2.09. The summed E-state index contributed by atoms with van der Waals surface area (Å²) in [7, 11) is 2.89. The quantitative estimate of drug-likeness (QED) is 0.576. The maximum absolute atomic E-state index is 13.6. The van der Waals surface area contributed by atoms with Crippen molar-refractivity contribution in [1.29, 1.82) is 0 Å². The summed E-state index contributed by atoms with van der Waals surface area (Å²) in [4.78, 5) is 24.0. The van der Waals surface area contributed by atoms with Gasteiger partial charge in [-0.05, 0) is 35.9 Å². The molecular weight excluding hydrogens is 315 g/mol. The minimum atomic E-state index is -0.651. The summed E-state index contributed by atoms with van der Waals surface area (Å²) < 4.78 is 28.4. The molecule has 0 bridgehead atoms. The highest BCUT2D eigenvalue weighted by Gasteiger charge is 2.14. The van der Waals surface area contributed by atoms with Crippen LogP contribution in [0.5, 0.6) is 5.75 Å². The standard InChI is InChI=1S/C18H17FO5/c1-22-10-12-4-3-5-14(8-12)18(21)24-11-16(20)13-6-7-17(23-2)15(19)9-13/h3-9H,10-11H2,1-2H3. The molecule has 2 aromatic carbocycles. The number of methoxy groups -OCH3 is 2. The van der Waals surface area contributed by atoms with Gasteiger partial charge in [-0.1, -0.05) is 12.1 Å². The first-order chi connectivity index (χ1) is 11.5. The van der Waals surface area contributed by atoms with Crippen LogP contribution in [-0.2, 0) is 16.1 Å². The minimum absolute atomic E-state index is 0.0403. The third-order valence-electron chi connectivity index (χ3n) is 3.28. The van der Waals surface area contributed by atoms with Crippen LogP contribution in [0.15, 0.2) is 42.5 Å². The van der Waals surface area contributed by atoms with Crippen LogP contribution in [-0.4, -0.2) is 32.6 Å². The summed E-state index contributed by atoms with van der Waals surface area (Å²) in [5.41, 5.74) is 1.24. The molecule has 0 radical (unpaired) electrons. The first kappa shape index (κ1) is 17.6. The molecule has 0 aliphatic carbocycles. The highest BCUT2D eigenvalue weighted by atomic mass is 19.1. The molecule has 0 aliphatic heterocycles. The number of hydrogen-bond acceptors (Lipinski definition) is 5. The lowest BCUT2D eigenvalue weighted by atomic mass is 10.1. The van der Waals surface area contributed by atoms with Crippen LogP contribution in [0, 0.1) is 5.82 Å². The van der Waals surface area contributed by atoms with Gasteiger partial charge in [0.25, 0.3) is 0 Å². The van der Waals surface area contributed by atoms with Gasteiger partial charge in [0.15, 0.2) is 24.0 Å². The molecule has 0 fully saturated rings. The van der Waals surface area contributed by atoms with Crippen molar-refractivity contribution in [2.75, 3.05) is 20.8 Å².